The standard InChI is InChI=1S/C28H38N4O/c1-6-9-22-18-23(33-5)19-25(26(22)20(2)3)30-27(21-11-12-21)24-10-7-13-29-28(24)32-15-8-14-31(4)16-17-32/h7,10,13,18-19,21H,2,6,8-9,11-12,14-17H2,1,3-5H3. The van der Waals surface area contributed by atoms with Crippen LogP contribution in [-0.2, 0) is 6.42 Å². The van der Waals surface area contributed by atoms with E-state index in [4.69, 9.17) is 14.7 Å². The van der Waals surface area contributed by atoms with Crippen LogP contribution in [0, 0.1) is 5.92 Å². The predicted molar refractivity (Wildman–Crippen MR) is 139 cm³/mol. The zero-order valence-electron chi connectivity index (χ0n) is 20.7. The molecule has 0 spiro atoms. The minimum Gasteiger partial charge on any atom is -0.497 e. The molecule has 33 heavy (non-hydrogen) atoms. The van der Waals surface area contributed by atoms with Gasteiger partial charge in [0, 0.05) is 48.9 Å². The summed E-state index contributed by atoms with van der Waals surface area (Å²) in [6.07, 6.45) is 7.50. The number of hydrogen-bond acceptors (Lipinski definition) is 5. The molecule has 1 saturated heterocycles. The Morgan fingerprint density at radius 3 is 2.73 bits per heavy atom. The lowest BCUT2D eigenvalue weighted by Crippen LogP contribution is -2.31. The maximum Gasteiger partial charge on any atom is 0.137 e. The molecule has 5 heteroatoms. The summed E-state index contributed by atoms with van der Waals surface area (Å²) in [6, 6.07) is 8.48. The summed E-state index contributed by atoms with van der Waals surface area (Å²) < 4.78 is 5.66. The van der Waals surface area contributed by atoms with E-state index in [0.29, 0.717) is 5.92 Å². The van der Waals surface area contributed by atoms with Crippen LogP contribution in [0.15, 0.2) is 42.0 Å². The molecule has 0 amide bonds. The van der Waals surface area contributed by atoms with Gasteiger partial charge in [0.15, 0.2) is 0 Å². The predicted octanol–water partition coefficient (Wildman–Crippen LogP) is 5.75. The van der Waals surface area contributed by atoms with Crippen molar-refractivity contribution in [2.45, 2.75) is 46.0 Å². The van der Waals surface area contributed by atoms with Gasteiger partial charge in [-0.25, -0.2) is 4.98 Å². The molecule has 4 rings (SSSR count). The van der Waals surface area contributed by atoms with E-state index in [0.717, 1.165) is 79.5 Å². The van der Waals surface area contributed by atoms with Crippen LogP contribution in [0.5, 0.6) is 5.75 Å². The molecule has 1 aromatic heterocycles. The van der Waals surface area contributed by atoms with E-state index in [1.165, 1.54) is 24.0 Å². The van der Waals surface area contributed by atoms with Crippen LogP contribution in [0.3, 0.4) is 0 Å². The van der Waals surface area contributed by atoms with Crippen LogP contribution in [0.1, 0.15) is 56.2 Å². The Balaban J connectivity index is 1.82. The van der Waals surface area contributed by atoms with Gasteiger partial charge in [0.05, 0.1) is 18.5 Å². The van der Waals surface area contributed by atoms with Crippen LogP contribution in [-0.4, -0.2) is 55.9 Å². The van der Waals surface area contributed by atoms with Crippen LogP contribution < -0.4 is 9.64 Å². The van der Waals surface area contributed by atoms with Gasteiger partial charge in [-0.2, -0.15) is 0 Å². The fourth-order valence-electron chi connectivity index (χ4n) is 4.79. The van der Waals surface area contributed by atoms with E-state index in [-0.39, 0.29) is 0 Å². The van der Waals surface area contributed by atoms with Crippen molar-refractivity contribution < 1.29 is 4.74 Å². The number of anilines is 1. The maximum atomic E-state index is 5.66. The molecule has 1 aliphatic heterocycles. The molecule has 0 radical (unpaired) electrons. The van der Waals surface area contributed by atoms with Gasteiger partial charge >= 0.3 is 0 Å². The summed E-state index contributed by atoms with van der Waals surface area (Å²) in [5, 5.41) is 0. The number of hydrogen-bond donors (Lipinski definition) is 0. The molecule has 1 aromatic carbocycles. The molecule has 2 heterocycles. The number of aromatic nitrogens is 1. The molecule has 2 aliphatic rings. The van der Waals surface area contributed by atoms with E-state index in [2.05, 4.69) is 61.5 Å². The molecule has 5 nitrogen and oxygen atoms in total. The third-order valence-corrected chi connectivity index (χ3v) is 6.64. The molecular weight excluding hydrogens is 408 g/mol. The average Bonchev–Trinajstić information content (AvgIpc) is 3.66. The molecule has 0 bridgehead atoms. The number of aryl methyl sites for hydroxylation is 1. The highest BCUT2D eigenvalue weighted by atomic mass is 16.5. The van der Waals surface area contributed by atoms with Crippen molar-refractivity contribution in [1.82, 2.24) is 9.88 Å². The Morgan fingerprint density at radius 1 is 1.21 bits per heavy atom. The second kappa shape index (κ2) is 10.5. The van der Waals surface area contributed by atoms with E-state index in [9.17, 15) is 0 Å². The van der Waals surface area contributed by atoms with Crippen LogP contribution in [0.2, 0.25) is 0 Å². The van der Waals surface area contributed by atoms with E-state index in [1.807, 2.05) is 6.20 Å². The summed E-state index contributed by atoms with van der Waals surface area (Å²) in [7, 11) is 3.94. The molecule has 0 atom stereocenters. The van der Waals surface area contributed by atoms with Crippen molar-refractivity contribution in [3.05, 3.63) is 53.7 Å². The number of rotatable bonds is 8. The summed E-state index contributed by atoms with van der Waals surface area (Å²) in [4.78, 5) is 15.1. The second-order valence-electron chi connectivity index (χ2n) is 9.50. The minimum absolute atomic E-state index is 0.487. The first-order valence-electron chi connectivity index (χ1n) is 12.4. The first-order chi connectivity index (χ1) is 16.0. The van der Waals surface area contributed by atoms with Gasteiger partial charge < -0.3 is 14.5 Å². The number of benzene rings is 1. The first kappa shape index (κ1) is 23.5. The maximum absolute atomic E-state index is 5.66. The van der Waals surface area contributed by atoms with Crippen LogP contribution in [0.25, 0.3) is 5.57 Å². The highest BCUT2D eigenvalue weighted by Crippen LogP contribution is 2.40. The number of pyridine rings is 1. The van der Waals surface area contributed by atoms with Gasteiger partial charge in [-0.3, -0.25) is 4.99 Å². The molecule has 2 fully saturated rings. The van der Waals surface area contributed by atoms with E-state index in [1.54, 1.807) is 7.11 Å². The highest BCUT2D eigenvalue weighted by Gasteiger charge is 2.32. The molecule has 2 aromatic rings. The van der Waals surface area contributed by atoms with Crippen molar-refractivity contribution in [3.8, 4) is 5.75 Å². The van der Waals surface area contributed by atoms with Gasteiger partial charge in [0.2, 0.25) is 0 Å². The Kier molecular flexibility index (Phi) is 7.49. The Bertz CT molecular complexity index is 1020. The van der Waals surface area contributed by atoms with Gasteiger partial charge in [0.1, 0.15) is 11.6 Å². The van der Waals surface area contributed by atoms with Crippen molar-refractivity contribution in [2.75, 3.05) is 45.2 Å². The second-order valence-corrected chi connectivity index (χ2v) is 9.50. The fourth-order valence-corrected chi connectivity index (χ4v) is 4.79. The lowest BCUT2D eigenvalue weighted by molar-refractivity contribution is 0.360. The van der Waals surface area contributed by atoms with E-state index < -0.39 is 0 Å². The molecule has 176 valence electrons. The van der Waals surface area contributed by atoms with Crippen molar-refractivity contribution in [2.24, 2.45) is 10.9 Å². The number of allylic oxidation sites excluding steroid dienone is 1. The number of ether oxygens (including phenoxy) is 1. The largest absolute Gasteiger partial charge is 0.497 e. The monoisotopic (exact) mass is 446 g/mol. The van der Waals surface area contributed by atoms with Crippen molar-refractivity contribution in [3.63, 3.8) is 0 Å². The molecular formula is C28H38N4O. The van der Waals surface area contributed by atoms with Crippen LogP contribution in [0.4, 0.5) is 11.5 Å². The summed E-state index contributed by atoms with van der Waals surface area (Å²) in [5.74, 6) is 2.42. The zero-order chi connectivity index (χ0) is 23.4. The van der Waals surface area contributed by atoms with Gasteiger partial charge in [-0.05, 0) is 75.5 Å². The number of methoxy groups -OCH3 is 1. The van der Waals surface area contributed by atoms with Gasteiger partial charge in [-0.15, -0.1) is 0 Å². The van der Waals surface area contributed by atoms with E-state index >= 15 is 0 Å². The lowest BCUT2D eigenvalue weighted by atomic mass is 9.95. The number of nitrogens with zero attached hydrogens (tertiary/aromatic N) is 4. The smallest absolute Gasteiger partial charge is 0.137 e. The van der Waals surface area contributed by atoms with Crippen molar-refractivity contribution >= 4 is 22.8 Å². The lowest BCUT2D eigenvalue weighted by Gasteiger charge is -2.25. The normalized spacial score (nSPS) is 17.7. The average molecular weight is 447 g/mol. The first-order valence-corrected chi connectivity index (χ1v) is 12.4. The minimum atomic E-state index is 0.487. The molecule has 1 aliphatic carbocycles. The third kappa shape index (κ3) is 5.47. The molecule has 1 saturated carbocycles. The third-order valence-electron chi connectivity index (χ3n) is 6.64. The fraction of sp³-hybridized carbons (Fsp3) is 0.500. The molecule has 0 unspecified atom stereocenters. The summed E-state index contributed by atoms with van der Waals surface area (Å²) in [6.45, 7) is 12.8. The molecule has 0 N–H and O–H groups in total. The Hall–Kier alpha value is -2.66. The van der Waals surface area contributed by atoms with Crippen LogP contribution >= 0.6 is 0 Å². The van der Waals surface area contributed by atoms with Gasteiger partial charge in [-0.1, -0.05) is 19.9 Å². The van der Waals surface area contributed by atoms with Crippen molar-refractivity contribution in [1.29, 1.82) is 0 Å². The summed E-state index contributed by atoms with van der Waals surface area (Å²) >= 11 is 0. The zero-order valence-corrected chi connectivity index (χ0v) is 20.7. The topological polar surface area (TPSA) is 41.0 Å². The SMILES string of the molecule is C=C(C)c1c(CCC)cc(OC)cc1N=C(c1cccnc1N1CCCN(C)CC1)C1CC1. The highest BCUT2D eigenvalue weighted by molar-refractivity contribution is 6.08. The Labute approximate surface area is 199 Å². The number of likely N-dealkylation sites (N-methyl/N-ethyl adjacent to an activating group) is 1. The van der Waals surface area contributed by atoms with Gasteiger partial charge in [0.25, 0.3) is 0 Å². The number of aliphatic imine (C=N–C) groups is 1. The quantitative estimate of drug-likeness (QED) is 0.484. The summed E-state index contributed by atoms with van der Waals surface area (Å²) in [5.41, 5.74) is 6.79. The Morgan fingerprint density at radius 2 is 2.03 bits per heavy atom.